The van der Waals surface area contributed by atoms with Crippen LogP contribution in [0.4, 0.5) is 10.8 Å². The first kappa shape index (κ1) is 16.6. The summed E-state index contributed by atoms with van der Waals surface area (Å²) in [6.45, 7) is 0.764. The highest BCUT2D eigenvalue weighted by Gasteiger charge is 2.15. The van der Waals surface area contributed by atoms with Crippen LogP contribution in [-0.2, 0) is 6.54 Å². The predicted molar refractivity (Wildman–Crippen MR) is 114 cm³/mol. The standard InChI is InChI=1S/C22H17N5S/c1-2-6-16(7-3-1)21-26-27-22(28-21)24-18-12-10-15(11-13-18)20-19-9-5-4-8-17(19)14-23-25-20/h1-13,23H,14H2,(H,24,27). The van der Waals surface area contributed by atoms with Crippen LogP contribution in [0.25, 0.3) is 10.6 Å². The first-order valence-electron chi connectivity index (χ1n) is 9.02. The molecule has 5 nitrogen and oxygen atoms in total. The third-order valence-electron chi connectivity index (χ3n) is 4.59. The highest BCUT2D eigenvalue weighted by atomic mass is 32.1. The Morgan fingerprint density at radius 1 is 0.786 bits per heavy atom. The van der Waals surface area contributed by atoms with E-state index in [2.05, 4.69) is 62.4 Å². The molecule has 1 aromatic heterocycles. The Morgan fingerprint density at radius 3 is 2.43 bits per heavy atom. The Bertz CT molecular complexity index is 1130. The zero-order valence-corrected chi connectivity index (χ0v) is 15.8. The molecule has 136 valence electrons. The fraction of sp³-hybridized carbons (Fsp3) is 0.0455. The van der Waals surface area contributed by atoms with Crippen molar-refractivity contribution < 1.29 is 0 Å². The lowest BCUT2D eigenvalue weighted by atomic mass is 9.96. The van der Waals surface area contributed by atoms with Gasteiger partial charge in [-0.05, 0) is 17.7 Å². The summed E-state index contributed by atoms with van der Waals surface area (Å²) >= 11 is 1.54. The SMILES string of the molecule is c1ccc(-c2nnc(Nc3ccc(C4=NNCc5ccccc54)cc3)s2)cc1. The van der Waals surface area contributed by atoms with Crippen LogP contribution >= 0.6 is 11.3 Å². The maximum absolute atomic E-state index is 4.52. The van der Waals surface area contributed by atoms with E-state index in [0.29, 0.717) is 0 Å². The van der Waals surface area contributed by atoms with Crippen LogP contribution < -0.4 is 10.7 Å². The van der Waals surface area contributed by atoms with E-state index in [4.69, 9.17) is 0 Å². The van der Waals surface area contributed by atoms with Gasteiger partial charge in [0, 0.05) is 22.4 Å². The summed E-state index contributed by atoms with van der Waals surface area (Å²) < 4.78 is 0. The minimum absolute atomic E-state index is 0.764. The predicted octanol–water partition coefficient (Wildman–Crippen LogP) is 4.80. The molecular formula is C22H17N5S. The number of anilines is 2. The number of rotatable bonds is 4. The molecule has 0 radical (unpaired) electrons. The van der Waals surface area contributed by atoms with Crippen molar-refractivity contribution in [3.8, 4) is 10.6 Å². The van der Waals surface area contributed by atoms with Gasteiger partial charge in [0.15, 0.2) is 0 Å². The molecule has 0 saturated carbocycles. The third-order valence-corrected chi connectivity index (χ3v) is 5.48. The molecule has 0 atom stereocenters. The van der Waals surface area contributed by atoms with E-state index in [9.17, 15) is 0 Å². The first-order chi connectivity index (χ1) is 13.9. The number of benzene rings is 3. The lowest BCUT2D eigenvalue weighted by molar-refractivity contribution is 0.730. The van der Waals surface area contributed by atoms with Crippen molar-refractivity contribution in [2.45, 2.75) is 6.54 Å². The largest absolute Gasteiger partial charge is 0.330 e. The average molecular weight is 383 g/mol. The summed E-state index contributed by atoms with van der Waals surface area (Å²) in [7, 11) is 0. The maximum Gasteiger partial charge on any atom is 0.210 e. The van der Waals surface area contributed by atoms with Gasteiger partial charge in [0.05, 0.1) is 12.3 Å². The Balaban J connectivity index is 1.35. The number of nitrogens with one attached hydrogen (secondary N) is 2. The summed E-state index contributed by atoms with van der Waals surface area (Å²) in [5.41, 5.74) is 9.65. The van der Waals surface area contributed by atoms with Crippen LogP contribution in [-0.4, -0.2) is 15.9 Å². The van der Waals surface area contributed by atoms with Crippen molar-refractivity contribution in [2.75, 3.05) is 5.32 Å². The number of hydrogen-bond acceptors (Lipinski definition) is 6. The van der Waals surface area contributed by atoms with Crippen molar-refractivity contribution >= 4 is 27.9 Å². The van der Waals surface area contributed by atoms with E-state index in [0.717, 1.165) is 39.2 Å². The molecule has 4 aromatic rings. The Hall–Kier alpha value is -3.51. The molecule has 0 aliphatic carbocycles. The van der Waals surface area contributed by atoms with Crippen LogP contribution in [0, 0.1) is 0 Å². The maximum atomic E-state index is 4.52. The fourth-order valence-corrected chi connectivity index (χ4v) is 3.96. The van der Waals surface area contributed by atoms with Crippen LogP contribution in [0.5, 0.6) is 0 Å². The van der Waals surface area contributed by atoms with E-state index in [1.807, 2.05) is 42.5 Å². The second kappa shape index (κ2) is 7.25. The van der Waals surface area contributed by atoms with E-state index < -0.39 is 0 Å². The molecule has 28 heavy (non-hydrogen) atoms. The molecule has 0 saturated heterocycles. The number of hydrazone groups is 1. The van der Waals surface area contributed by atoms with Gasteiger partial charge in [0.1, 0.15) is 5.01 Å². The van der Waals surface area contributed by atoms with Crippen LogP contribution in [0.3, 0.4) is 0 Å². The summed E-state index contributed by atoms with van der Waals surface area (Å²) in [5, 5.41) is 18.1. The van der Waals surface area contributed by atoms with Crippen LogP contribution in [0.15, 0.2) is 84.0 Å². The number of hydrogen-bond donors (Lipinski definition) is 2. The zero-order valence-electron chi connectivity index (χ0n) is 15.0. The Morgan fingerprint density at radius 2 is 1.57 bits per heavy atom. The fourth-order valence-electron chi connectivity index (χ4n) is 3.20. The monoisotopic (exact) mass is 383 g/mol. The smallest absolute Gasteiger partial charge is 0.210 e. The first-order valence-corrected chi connectivity index (χ1v) is 9.84. The van der Waals surface area contributed by atoms with Gasteiger partial charge in [-0.1, -0.05) is 78.1 Å². The second-order valence-corrected chi connectivity index (χ2v) is 7.41. The van der Waals surface area contributed by atoms with E-state index in [1.54, 1.807) is 0 Å². The molecule has 5 rings (SSSR count). The van der Waals surface area contributed by atoms with Crippen LogP contribution in [0.2, 0.25) is 0 Å². The molecule has 1 aliphatic rings. The molecular weight excluding hydrogens is 366 g/mol. The van der Waals surface area contributed by atoms with Gasteiger partial charge in [0.25, 0.3) is 0 Å². The number of nitrogens with zero attached hydrogens (tertiary/aromatic N) is 3. The molecule has 2 heterocycles. The molecule has 0 fully saturated rings. The van der Waals surface area contributed by atoms with E-state index >= 15 is 0 Å². The van der Waals surface area contributed by atoms with Gasteiger partial charge in [-0.15, -0.1) is 10.2 Å². The highest BCUT2D eigenvalue weighted by Crippen LogP contribution is 2.28. The third kappa shape index (κ3) is 3.25. The second-order valence-electron chi connectivity index (χ2n) is 6.43. The highest BCUT2D eigenvalue weighted by molar-refractivity contribution is 7.18. The van der Waals surface area contributed by atoms with Crippen LogP contribution in [0.1, 0.15) is 16.7 Å². The van der Waals surface area contributed by atoms with Gasteiger partial charge in [0.2, 0.25) is 5.13 Å². The summed E-state index contributed by atoms with van der Waals surface area (Å²) in [5.74, 6) is 0. The molecule has 0 unspecified atom stereocenters. The molecule has 1 aliphatic heterocycles. The van der Waals surface area contributed by atoms with Crippen molar-refractivity contribution in [1.82, 2.24) is 15.6 Å². The van der Waals surface area contributed by atoms with Gasteiger partial charge in [-0.2, -0.15) is 5.10 Å². The molecule has 2 N–H and O–H groups in total. The normalized spacial score (nSPS) is 12.6. The number of aromatic nitrogens is 2. The average Bonchev–Trinajstić information content (AvgIpc) is 3.23. The molecule has 6 heteroatoms. The lowest BCUT2D eigenvalue weighted by Crippen LogP contribution is -2.20. The molecule has 0 spiro atoms. The van der Waals surface area contributed by atoms with Gasteiger partial charge < -0.3 is 10.7 Å². The van der Waals surface area contributed by atoms with Gasteiger partial charge in [-0.25, -0.2) is 0 Å². The van der Waals surface area contributed by atoms with Gasteiger partial charge in [-0.3, -0.25) is 0 Å². The minimum atomic E-state index is 0.764. The number of fused-ring (bicyclic) bond motifs is 1. The van der Waals surface area contributed by atoms with Crippen molar-refractivity contribution in [3.63, 3.8) is 0 Å². The lowest BCUT2D eigenvalue weighted by Gasteiger charge is -2.17. The van der Waals surface area contributed by atoms with E-state index in [1.165, 1.54) is 22.5 Å². The quantitative estimate of drug-likeness (QED) is 0.531. The Kier molecular flexibility index (Phi) is 4.31. The summed E-state index contributed by atoms with van der Waals surface area (Å²) in [6.07, 6.45) is 0. The van der Waals surface area contributed by atoms with Crippen molar-refractivity contribution in [2.24, 2.45) is 5.10 Å². The zero-order chi connectivity index (χ0) is 18.8. The topological polar surface area (TPSA) is 62.2 Å². The van der Waals surface area contributed by atoms with Gasteiger partial charge >= 0.3 is 0 Å². The minimum Gasteiger partial charge on any atom is -0.330 e. The van der Waals surface area contributed by atoms with Crippen molar-refractivity contribution in [1.29, 1.82) is 0 Å². The molecule has 0 bridgehead atoms. The summed E-state index contributed by atoms with van der Waals surface area (Å²) in [6, 6.07) is 26.7. The Labute approximate surface area is 166 Å². The molecule has 0 amide bonds. The van der Waals surface area contributed by atoms with E-state index in [-0.39, 0.29) is 0 Å². The van der Waals surface area contributed by atoms with Crippen molar-refractivity contribution in [3.05, 3.63) is 95.6 Å². The molecule has 3 aromatic carbocycles. The summed E-state index contributed by atoms with van der Waals surface area (Å²) in [4.78, 5) is 0.